The fraction of sp³-hybridized carbons (Fsp3) is 0.200. The maximum atomic E-state index is 9.00. The van der Waals surface area contributed by atoms with Gasteiger partial charge in [-0.1, -0.05) is 18.2 Å². The number of nitrogens with two attached hydrogens (primary N) is 2. The minimum atomic E-state index is -0.833. The van der Waals surface area contributed by atoms with Gasteiger partial charge in [0.25, 0.3) is 5.97 Å². The summed E-state index contributed by atoms with van der Waals surface area (Å²) in [6, 6.07) is 9.98. The molecular weight excluding hydrogens is 242 g/mol. The van der Waals surface area contributed by atoms with E-state index in [1.165, 1.54) is 12.0 Å². The summed E-state index contributed by atoms with van der Waals surface area (Å²) < 4.78 is 4.84. The first-order valence-corrected chi connectivity index (χ1v) is 5.19. The van der Waals surface area contributed by atoms with Crippen LogP contribution in [0, 0.1) is 5.41 Å². The lowest BCUT2D eigenvalue weighted by atomic mass is 10.4. The second-order valence-corrected chi connectivity index (χ2v) is 3.51. The average Bonchev–Trinajstić information content (AvgIpc) is 2.18. The summed E-state index contributed by atoms with van der Waals surface area (Å²) in [6.07, 6.45) is 0. The van der Waals surface area contributed by atoms with E-state index in [1.807, 2.05) is 30.3 Å². The highest BCUT2D eigenvalue weighted by molar-refractivity contribution is 7.94. The molecule has 17 heavy (non-hydrogen) atoms. The summed E-state index contributed by atoms with van der Waals surface area (Å²) in [5.41, 5.74) is 8.94. The number of hydrogen-bond donors (Lipinski definition) is 4. The van der Waals surface area contributed by atoms with Gasteiger partial charge >= 0.3 is 0 Å². The van der Waals surface area contributed by atoms with Gasteiger partial charge in [0.15, 0.2) is 5.96 Å². The molecule has 0 aliphatic rings. The molecule has 0 atom stereocenters. The van der Waals surface area contributed by atoms with Crippen LogP contribution in [-0.4, -0.2) is 24.1 Å². The topological polar surface area (TPSA) is 122 Å². The van der Waals surface area contributed by atoms with Crippen LogP contribution in [0.2, 0.25) is 0 Å². The Morgan fingerprint density at radius 1 is 1.35 bits per heavy atom. The second kappa shape index (κ2) is 12.3. The first-order chi connectivity index (χ1) is 7.90. The Labute approximate surface area is 105 Å². The van der Waals surface area contributed by atoms with Gasteiger partial charge in [0.05, 0.1) is 7.11 Å². The molecule has 6 N–H and O–H groups in total. The van der Waals surface area contributed by atoms with Crippen molar-refractivity contribution in [1.82, 2.24) is 0 Å². The van der Waals surface area contributed by atoms with Crippen molar-refractivity contribution < 1.29 is 14.1 Å². The van der Waals surface area contributed by atoms with Crippen LogP contribution in [0.3, 0.4) is 0 Å². The van der Waals surface area contributed by atoms with E-state index in [1.54, 1.807) is 7.11 Å². The van der Waals surface area contributed by atoms with Crippen LogP contribution < -0.4 is 11.5 Å². The number of carboxylic acid groups (broad SMARTS) is 1. The van der Waals surface area contributed by atoms with Gasteiger partial charge in [0.2, 0.25) is 0 Å². The van der Waals surface area contributed by atoms with Crippen LogP contribution in [0.4, 0.5) is 0 Å². The van der Waals surface area contributed by atoms with Gasteiger partial charge in [-0.15, -0.1) is 0 Å². The molecule has 0 amide bonds. The summed E-state index contributed by atoms with van der Waals surface area (Å²) in [7, 11) is 1.66. The Hall–Kier alpha value is -1.73. The highest BCUT2D eigenvalue weighted by atomic mass is 32.2. The fourth-order valence-corrected chi connectivity index (χ4v) is 1.03. The molecule has 0 bridgehead atoms. The number of nitrogens with one attached hydrogen (secondary N) is 1. The zero-order valence-electron chi connectivity index (χ0n) is 9.71. The monoisotopic (exact) mass is 259 g/mol. The molecule has 7 heteroatoms. The number of rotatable bonds is 2. The molecule has 0 fully saturated rings. The molecule has 1 aromatic carbocycles. The van der Waals surface area contributed by atoms with Crippen molar-refractivity contribution >= 4 is 24.0 Å². The molecule has 0 aliphatic carbocycles. The lowest BCUT2D eigenvalue weighted by Gasteiger charge is -1.93. The molecule has 0 spiro atoms. The highest BCUT2D eigenvalue weighted by Crippen LogP contribution is 2.15. The first-order valence-electron chi connectivity index (χ1n) is 4.44. The Balaban J connectivity index is 0. The van der Waals surface area contributed by atoms with Crippen molar-refractivity contribution in [1.29, 1.82) is 5.41 Å². The Kier molecular flexibility index (Phi) is 12.8. The van der Waals surface area contributed by atoms with E-state index < -0.39 is 5.97 Å². The quantitative estimate of drug-likeness (QED) is 0.360. The first kappa shape index (κ1) is 17.7. The highest BCUT2D eigenvalue weighted by Gasteiger charge is 1.86. The minimum absolute atomic E-state index is 0.333. The van der Waals surface area contributed by atoms with Gasteiger partial charge < -0.3 is 20.8 Å². The molecule has 0 unspecified atom stereocenters. The SMILES string of the molecule is CC(=O)O.COSc1ccccc1.N=C(N)N. The smallest absolute Gasteiger partial charge is 0.300 e. The Morgan fingerprint density at radius 2 is 1.71 bits per heavy atom. The number of aliphatic carboxylic acids is 1. The molecule has 1 aromatic rings. The summed E-state index contributed by atoms with van der Waals surface area (Å²) in [6.45, 7) is 1.08. The molecule has 0 aromatic heterocycles. The number of hydrogen-bond acceptors (Lipinski definition) is 4. The third kappa shape index (κ3) is 25.0. The molecule has 0 radical (unpaired) electrons. The van der Waals surface area contributed by atoms with E-state index in [4.69, 9.17) is 19.5 Å². The Morgan fingerprint density at radius 3 is 2.00 bits per heavy atom. The van der Waals surface area contributed by atoms with E-state index in [2.05, 4.69) is 11.5 Å². The van der Waals surface area contributed by atoms with Crippen LogP contribution in [0.25, 0.3) is 0 Å². The van der Waals surface area contributed by atoms with Crippen LogP contribution in [-0.2, 0) is 8.98 Å². The normalized spacial score (nSPS) is 7.88. The Bertz CT molecular complexity index is 300. The van der Waals surface area contributed by atoms with Crippen molar-refractivity contribution in [2.45, 2.75) is 11.8 Å². The van der Waals surface area contributed by atoms with Crippen molar-refractivity contribution in [3.63, 3.8) is 0 Å². The van der Waals surface area contributed by atoms with E-state index >= 15 is 0 Å². The minimum Gasteiger partial charge on any atom is -0.481 e. The molecule has 0 heterocycles. The van der Waals surface area contributed by atoms with Crippen LogP contribution in [0.15, 0.2) is 35.2 Å². The number of carbonyl (C=O) groups is 1. The van der Waals surface area contributed by atoms with Gasteiger partial charge in [-0.25, -0.2) is 0 Å². The van der Waals surface area contributed by atoms with Crippen LogP contribution in [0.5, 0.6) is 0 Å². The van der Waals surface area contributed by atoms with Gasteiger partial charge in [-0.05, 0) is 12.1 Å². The zero-order chi connectivity index (χ0) is 13.7. The number of carboxylic acids is 1. The van der Waals surface area contributed by atoms with Gasteiger partial charge in [-0.2, -0.15) is 0 Å². The molecular formula is C10H17N3O3S. The largest absolute Gasteiger partial charge is 0.481 e. The van der Waals surface area contributed by atoms with Gasteiger partial charge in [0, 0.05) is 23.9 Å². The van der Waals surface area contributed by atoms with E-state index in [9.17, 15) is 0 Å². The van der Waals surface area contributed by atoms with Crippen molar-refractivity contribution in [2.24, 2.45) is 11.5 Å². The van der Waals surface area contributed by atoms with Gasteiger partial charge in [0.1, 0.15) is 0 Å². The molecule has 0 aliphatic heterocycles. The standard InChI is InChI=1S/C7H8OS.C2H4O2.CH5N3/c1-8-9-7-5-3-2-4-6-7;1-2(3)4;2-1(3)4/h2-6H,1H3;1H3,(H,3,4);(H5,2,3,4). The van der Waals surface area contributed by atoms with Crippen molar-refractivity contribution in [3.05, 3.63) is 30.3 Å². The fourth-order valence-electron chi connectivity index (χ4n) is 0.572. The maximum absolute atomic E-state index is 9.00. The summed E-state index contributed by atoms with van der Waals surface area (Å²) in [5.74, 6) is -1.17. The third-order valence-electron chi connectivity index (χ3n) is 0.923. The predicted octanol–water partition coefficient (Wildman–Crippen LogP) is 1.27. The molecule has 6 nitrogen and oxygen atoms in total. The average molecular weight is 259 g/mol. The van der Waals surface area contributed by atoms with Gasteiger partial charge in [-0.3, -0.25) is 10.2 Å². The maximum Gasteiger partial charge on any atom is 0.300 e. The van der Waals surface area contributed by atoms with E-state index in [-0.39, 0.29) is 5.96 Å². The number of benzene rings is 1. The lowest BCUT2D eigenvalue weighted by molar-refractivity contribution is -0.134. The third-order valence-corrected chi connectivity index (χ3v) is 1.55. The summed E-state index contributed by atoms with van der Waals surface area (Å²) >= 11 is 1.38. The summed E-state index contributed by atoms with van der Waals surface area (Å²) in [5, 5.41) is 13.5. The van der Waals surface area contributed by atoms with E-state index in [0.29, 0.717) is 0 Å². The molecule has 0 saturated carbocycles. The zero-order valence-corrected chi connectivity index (χ0v) is 10.5. The van der Waals surface area contributed by atoms with Crippen LogP contribution in [0.1, 0.15) is 6.92 Å². The predicted molar refractivity (Wildman–Crippen MR) is 68.7 cm³/mol. The van der Waals surface area contributed by atoms with E-state index in [0.717, 1.165) is 11.8 Å². The molecule has 96 valence electrons. The van der Waals surface area contributed by atoms with Crippen molar-refractivity contribution in [2.75, 3.05) is 7.11 Å². The lowest BCUT2D eigenvalue weighted by Crippen LogP contribution is -2.20. The summed E-state index contributed by atoms with van der Waals surface area (Å²) in [4.78, 5) is 10.1. The molecule has 0 saturated heterocycles. The number of guanidine groups is 1. The van der Waals surface area contributed by atoms with Crippen molar-refractivity contribution in [3.8, 4) is 0 Å². The van der Waals surface area contributed by atoms with Crippen LogP contribution >= 0.6 is 12.0 Å². The molecule has 1 rings (SSSR count). The second-order valence-electron chi connectivity index (χ2n) is 2.54.